The Hall–Kier alpha value is -2.88. The second-order valence-corrected chi connectivity index (χ2v) is 8.11. The van der Waals surface area contributed by atoms with Crippen molar-refractivity contribution >= 4 is 23.2 Å². The SMILES string of the molecule is C[C@@H]1C[C@@H](Nc2ncncc2C(=O)c2ccn(Cc3ccc(F)c(Cl)c3)n2)[C@H](O)[C@@H]1O. The molecule has 1 fully saturated rings. The number of carbonyl (C=O) groups excluding carboxylic acids is 1. The Balaban J connectivity index is 1.52. The van der Waals surface area contributed by atoms with Gasteiger partial charge in [0.2, 0.25) is 5.78 Å². The number of nitrogens with zero attached hydrogens (tertiary/aromatic N) is 4. The van der Waals surface area contributed by atoms with Gasteiger partial charge in [0.15, 0.2) is 0 Å². The van der Waals surface area contributed by atoms with Crippen molar-refractivity contribution in [3.63, 3.8) is 0 Å². The van der Waals surface area contributed by atoms with Crippen LogP contribution in [-0.4, -0.2) is 54.0 Å². The van der Waals surface area contributed by atoms with E-state index in [1.54, 1.807) is 23.0 Å². The smallest absolute Gasteiger partial charge is 0.218 e. The summed E-state index contributed by atoms with van der Waals surface area (Å²) in [5.74, 6) is -0.699. The first-order chi connectivity index (χ1) is 14.8. The number of ketones is 1. The molecule has 4 atom stereocenters. The Labute approximate surface area is 182 Å². The van der Waals surface area contributed by atoms with Crippen LogP contribution >= 0.6 is 11.6 Å². The molecule has 3 N–H and O–H groups in total. The largest absolute Gasteiger partial charge is 0.390 e. The number of anilines is 1. The van der Waals surface area contributed by atoms with Crippen molar-refractivity contribution in [2.24, 2.45) is 5.92 Å². The molecular formula is C21H21ClFN5O3. The normalized spacial score (nSPS) is 23.1. The topological polar surface area (TPSA) is 113 Å². The van der Waals surface area contributed by atoms with Gasteiger partial charge in [0.05, 0.1) is 29.3 Å². The number of aliphatic hydroxyl groups is 2. The van der Waals surface area contributed by atoms with E-state index in [4.69, 9.17) is 11.6 Å². The van der Waals surface area contributed by atoms with Crippen LogP contribution in [0.3, 0.4) is 0 Å². The molecule has 0 saturated heterocycles. The van der Waals surface area contributed by atoms with Gasteiger partial charge in [0, 0.05) is 12.4 Å². The molecule has 0 radical (unpaired) electrons. The van der Waals surface area contributed by atoms with Gasteiger partial charge in [-0.05, 0) is 36.1 Å². The molecule has 31 heavy (non-hydrogen) atoms. The Morgan fingerprint density at radius 1 is 1.32 bits per heavy atom. The van der Waals surface area contributed by atoms with Gasteiger partial charge in [-0.15, -0.1) is 0 Å². The summed E-state index contributed by atoms with van der Waals surface area (Å²) in [5.41, 5.74) is 1.13. The van der Waals surface area contributed by atoms with Crippen LogP contribution in [0.1, 0.15) is 35.0 Å². The van der Waals surface area contributed by atoms with E-state index in [2.05, 4.69) is 20.4 Å². The average Bonchev–Trinajstić information content (AvgIpc) is 3.31. The fourth-order valence-electron chi connectivity index (χ4n) is 3.72. The Kier molecular flexibility index (Phi) is 5.99. The van der Waals surface area contributed by atoms with E-state index in [-0.39, 0.29) is 33.8 Å². The van der Waals surface area contributed by atoms with Crippen LogP contribution in [0.5, 0.6) is 0 Å². The first kappa shape index (κ1) is 21.4. The molecule has 10 heteroatoms. The summed E-state index contributed by atoms with van der Waals surface area (Å²) in [4.78, 5) is 21.1. The van der Waals surface area contributed by atoms with Gasteiger partial charge < -0.3 is 15.5 Å². The van der Waals surface area contributed by atoms with Crippen LogP contribution in [0.15, 0.2) is 43.0 Å². The molecule has 3 aromatic rings. The molecule has 0 amide bonds. The quantitative estimate of drug-likeness (QED) is 0.499. The van der Waals surface area contributed by atoms with Gasteiger partial charge in [-0.3, -0.25) is 9.48 Å². The number of nitrogens with one attached hydrogen (secondary N) is 1. The maximum Gasteiger partial charge on any atom is 0.218 e. The molecule has 8 nitrogen and oxygen atoms in total. The molecule has 2 aromatic heterocycles. The number of aromatic nitrogens is 4. The lowest BCUT2D eigenvalue weighted by Gasteiger charge is -2.19. The zero-order valence-corrected chi connectivity index (χ0v) is 17.4. The van der Waals surface area contributed by atoms with Crippen molar-refractivity contribution in [3.05, 3.63) is 70.6 Å². The Morgan fingerprint density at radius 2 is 2.13 bits per heavy atom. The second-order valence-electron chi connectivity index (χ2n) is 7.71. The van der Waals surface area contributed by atoms with Gasteiger partial charge in [0.25, 0.3) is 0 Å². The molecule has 0 unspecified atom stereocenters. The van der Waals surface area contributed by atoms with E-state index < -0.39 is 24.1 Å². The van der Waals surface area contributed by atoms with Gasteiger partial charge >= 0.3 is 0 Å². The zero-order chi connectivity index (χ0) is 22.1. The molecule has 0 aliphatic heterocycles. The fraction of sp³-hybridized carbons (Fsp3) is 0.333. The highest BCUT2D eigenvalue weighted by Crippen LogP contribution is 2.29. The number of benzene rings is 1. The Morgan fingerprint density at radius 3 is 2.84 bits per heavy atom. The van der Waals surface area contributed by atoms with Crippen LogP contribution in [-0.2, 0) is 6.54 Å². The highest BCUT2D eigenvalue weighted by Gasteiger charge is 2.39. The minimum atomic E-state index is -0.963. The van der Waals surface area contributed by atoms with Crippen molar-refractivity contribution in [1.29, 1.82) is 0 Å². The monoisotopic (exact) mass is 445 g/mol. The Bertz CT molecular complexity index is 1110. The van der Waals surface area contributed by atoms with Gasteiger partial charge in [-0.2, -0.15) is 5.10 Å². The minimum Gasteiger partial charge on any atom is -0.390 e. The van der Waals surface area contributed by atoms with E-state index >= 15 is 0 Å². The molecular weight excluding hydrogens is 425 g/mol. The zero-order valence-electron chi connectivity index (χ0n) is 16.6. The minimum absolute atomic E-state index is 0.0200. The van der Waals surface area contributed by atoms with E-state index in [1.807, 2.05) is 6.92 Å². The lowest BCUT2D eigenvalue weighted by molar-refractivity contribution is 0.0210. The lowest BCUT2D eigenvalue weighted by Crippen LogP contribution is -2.35. The third-order valence-electron chi connectivity index (χ3n) is 5.45. The van der Waals surface area contributed by atoms with Crippen LogP contribution in [0.4, 0.5) is 10.2 Å². The average molecular weight is 446 g/mol. The molecule has 162 valence electrons. The number of halogens is 2. The third-order valence-corrected chi connectivity index (χ3v) is 5.74. The highest BCUT2D eigenvalue weighted by atomic mass is 35.5. The van der Waals surface area contributed by atoms with E-state index in [0.717, 1.165) is 5.56 Å². The van der Waals surface area contributed by atoms with Crippen LogP contribution in [0, 0.1) is 11.7 Å². The van der Waals surface area contributed by atoms with Gasteiger partial charge in [-0.1, -0.05) is 24.6 Å². The first-order valence-corrected chi connectivity index (χ1v) is 10.2. The van der Waals surface area contributed by atoms with Crippen molar-refractivity contribution in [2.45, 2.75) is 38.1 Å². The molecule has 1 aromatic carbocycles. The molecule has 1 aliphatic carbocycles. The maximum atomic E-state index is 13.3. The molecule has 2 heterocycles. The van der Waals surface area contributed by atoms with Crippen molar-refractivity contribution in [3.8, 4) is 0 Å². The molecule has 1 saturated carbocycles. The third kappa shape index (κ3) is 4.43. The molecule has 0 spiro atoms. The maximum absolute atomic E-state index is 13.3. The first-order valence-electron chi connectivity index (χ1n) is 9.78. The van der Waals surface area contributed by atoms with Gasteiger partial charge in [-0.25, -0.2) is 14.4 Å². The summed E-state index contributed by atoms with van der Waals surface area (Å²) in [6, 6.07) is 5.52. The summed E-state index contributed by atoms with van der Waals surface area (Å²) in [6.45, 7) is 2.16. The van der Waals surface area contributed by atoms with E-state index in [0.29, 0.717) is 13.0 Å². The predicted molar refractivity (Wildman–Crippen MR) is 111 cm³/mol. The summed E-state index contributed by atoms with van der Waals surface area (Å²) in [7, 11) is 0. The standard InChI is InChI=1S/C21H21ClFN5O3/c1-11-6-17(20(31)18(11)29)26-21-13(8-24-10-25-21)19(30)16-4-5-28(27-16)9-12-2-3-15(23)14(22)7-12/h2-5,7-8,10-11,17-18,20,29,31H,6,9H2,1H3,(H,24,25,26)/t11-,17-,18-,20+/m1/s1. The fourth-order valence-corrected chi connectivity index (χ4v) is 3.92. The number of rotatable bonds is 6. The van der Waals surface area contributed by atoms with Crippen molar-refractivity contribution in [1.82, 2.24) is 19.7 Å². The predicted octanol–water partition coefficient (Wildman–Crippen LogP) is 2.29. The number of aliphatic hydroxyl groups excluding tert-OH is 2. The van der Waals surface area contributed by atoms with Crippen LogP contribution in [0.25, 0.3) is 0 Å². The van der Waals surface area contributed by atoms with Gasteiger partial charge in [0.1, 0.15) is 29.8 Å². The van der Waals surface area contributed by atoms with Crippen LogP contribution < -0.4 is 5.32 Å². The summed E-state index contributed by atoms with van der Waals surface area (Å²) in [5, 5.41) is 27.6. The van der Waals surface area contributed by atoms with E-state index in [9.17, 15) is 19.4 Å². The summed E-state index contributed by atoms with van der Waals surface area (Å²) < 4.78 is 14.9. The second kappa shape index (κ2) is 8.70. The number of carbonyl (C=O) groups is 1. The van der Waals surface area contributed by atoms with Crippen molar-refractivity contribution in [2.75, 3.05) is 5.32 Å². The van der Waals surface area contributed by atoms with Crippen molar-refractivity contribution < 1.29 is 19.4 Å². The molecule has 0 bridgehead atoms. The lowest BCUT2D eigenvalue weighted by atomic mass is 10.1. The summed E-state index contributed by atoms with van der Waals surface area (Å²) in [6.07, 6.45) is 3.06. The highest BCUT2D eigenvalue weighted by molar-refractivity contribution is 6.30. The molecule has 4 rings (SSSR count). The van der Waals surface area contributed by atoms with Crippen LogP contribution in [0.2, 0.25) is 5.02 Å². The number of hydrogen-bond acceptors (Lipinski definition) is 7. The summed E-state index contributed by atoms with van der Waals surface area (Å²) >= 11 is 5.82. The molecule has 1 aliphatic rings. The van der Waals surface area contributed by atoms with E-state index in [1.165, 1.54) is 24.7 Å². The number of hydrogen-bond donors (Lipinski definition) is 3.